The lowest BCUT2D eigenvalue weighted by atomic mass is 10.1. The molecule has 1 unspecified atom stereocenters. The fraction of sp³-hybridized carbons (Fsp3) is 1.00. The van der Waals surface area contributed by atoms with Gasteiger partial charge < -0.3 is 10.1 Å². The van der Waals surface area contributed by atoms with Crippen LogP contribution >= 0.6 is 11.8 Å². The Morgan fingerprint density at radius 3 is 3.17 bits per heavy atom. The monoisotopic (exact) mass is 189 g/mol. The van der Waals surface area contributed by atoms with Crippen molar-refractivity contribution in [1.82, 2.24) is 5.32 Å². The van der Waals surface area contributed by atoms with Crippen LogP contribution in [0.4, 0.5) is 0 Å². The first kappa shape index (κ1) is 10.4. The molecule has 0 aromatic carbocycles. The Hall–Kier alpha value is 0.270. The molecule has 3 heteroatoms. The molecule has 0 aromatic heterocycles. The molecule has 0 radical (unpaired) electrons. The van der Waals surface area contributed by atoms with Gasteiger partial charge in [-0.05, 0) is 24.6 Å². The summed E-state index contributed by atoms with van der Waals surface area (Å²) in [5.74, 6) is 3.13. The van der Waals surface area contributed by atoms with E-state index < -0.39 is 0 Å². The van der Waals surface area contributed by atoms with E-state index in [1.54, 1.807) is 0 Å². The van der Waals surface area contributed by atoms with E-state index in [0.29, 0.717) is 0 Å². The maximum Gasteiger partial charge on any atom is 0.0556 e. The predicted molar refractivity (Wildman–Crippen MR) is 54.8 cm³/mol. The molecule has 1 aliphatic heterocycles. The van der Waals surface area contributed by atoms with Crippen LogP contribution in [0.2, 0.25) is 0 Å². The Balaban J connectivity index is 1.81. The topological polar surface area (TPSA) is 21.3 Å². The molecule has 0 aromatic rings. The highest BCUT2D eigenvalue weighted by molar-refractivity contribution is 7.99. The molecule has 1 saturated heterocycles. The summed E-state index contributed by atoms with van der Waals surface area (Å²) in [6.07, 6.45) is 1.29. The summed E-state index contributed by atoms with van der Waals surface area (Å²) in [4.78, 5) is 0. The Kier molecular flexibility index (Phi) is 5.82. The summed E-state index contributed by atoms with van der Waals surface area (Å²) in [5, 5.41) is 3.34. The van der Waals surface area contributed by atoms with Gasteiger partial charge in [-0.3, -0.25) is 0 Å². The number of hydrogen-bond donors (Lipinski definition) is 1. The van der Waals surface area contributed by atoms with Gasteiger partial charge in [-0.2, -0.15) is 11.8 Å². The summed E-state index contributed by atoms with van der Waals surface area (Å²) in [7, 11) is 0. The third-order valence-corrected chi connectivity index (χ3v) is 2.96. The molecule has 1 atom stereocenters. The van der Waals surface area contributed by atoms with Crippen LogP contribution in [-0.2, 0) is 4.74 Å². The second-order valence-corrected chi connectivity index (χ2v) is 4.52. The number of ether oxygens (including phenoxy) is 1. The SMILES string of the molecule is CCSCCOCC1CCNC1. The van der Waals surface area contributed by atoms with Crippen molar-refractivity contribution in [3.8, 4) is 0 Å². The highest BCUT2D eigenvalue weighted by atomic mass is 32.2. The van der Waals surface area contributed by atoms with Crippen LogP contribution in [0, 0.1) is 5.92 Å². The third-order valence-electron chi connectivity index (χ3n) is 2.09. The number of nitrogens with one attached hydrogen (secondary N) is 1. The molecule has 1 fully saturated rings. The summed E-state index contributed by atoms with van der Waals surface area (Å²) in [6.45, 7) is 6.40. The molecule has 1 heterocycles. The Morgan fingerprint density at radius 2 is 2.50 bits per heavy atom. The van der Waals surface area contributed by atoms with Gasteiger partial charge in [-0.15, -0.1) is 0 Å². The van der Waals surface area contributed by atoms with Gasteiger partial charge >= 0.3 is 0 Å². The lowest BCUT2D eigenvalue weighted by Gasteiger charge is -2.08. The van der Waals surface area contributed by atoms with E-state index in [9.17, 15) is 0 Å². The van der Waals surface area contributed by atoms with Crippen molar-refractivity contribution in [2.45, 2.75) is 13.3 Å². The zero-order valence-corrected chi connectivity index (χ0v) is 8.66. The van der Waals surface area contributed by atoms with Crippen LogP contribution in [0.15, 0.2) is 0 Å². The van der Waals surface area contributed by atoms with E-state index in [0.717, 1.165) is 31.4 Å². The van der Waals surface area contributed by atoms with Crippen molar-refractivity contribution >= 4 is 11.8 Å². The Morgan fingerprint density at radius 1 is 1.58 bits per heavy atom. The fourth-order valence-electron chi connectivity index (χ4n) is 1.37. The maximum atomic E-state index is 5.56. The van der Waals surface area contributed by atoms with Crippen LogP contribution in [0.1, 0.15) is 13.3 Å². The molecule has 0 aliphatic carbocycles. The smallest absolute Gasteiger partial charge is 0.0556 e. The van der Waals surface area contributed by atoms with Crippen molar-refractivity contribution in [3.05, 3.63) is 0 Å². The molecule has 1 N–H and O–H groups in total. The molecule has 1 rings (SSSR count). The van der Waals surface area contributed by atoms with Crippen LogP contribution in [-0.4, -0.2) is 37.8 Å². The summed E-state index contributed by atoms with van der Waals surface area (Å²) in [6, 6.07) is 0. The van der Waals surface area contributed by atoms with Gasteiger partial charge in [-0.25, -0.2) is 0 Å². The molecule has 2 nitrogen and oxygen atoms in total. The van der Waals surface area contributed by atoms with Crippen LogP contribution < -0.4 is 5.32 Å². The highest BCUT2D eigenvalue weighted by Crippen LogP contribution is 2.07. The zero-order valence-electron chi connectivity index (χ0n) is 7.84. The third kappa shape index (κ3) is 4.33. The lowest BCUT2D eigenvalue weighted by Crippen LogP contribution is -2.14. The van der Waals surface area contributed by atoms with Gasteiger partial charge in [0.1, 0.15) is 0 Å². The van der Waals surface area contributed by atoms with Crippen molar-refractivity contribution in [2.75, 3.05) is 37.8 Å². The average molecular weight is 189 g/mol. The van der Waals surface area contributed by atoms with Crippen molar-refractivity contribution in [2.24, 2.45) is 5.92 Å². The Labute approximate surface area is 79.4 Å². The zero-order chi connectivity index (χ0) is 8.65. The first-order valence-corrected chi connectivity index (χ1v) is 5.95. The number of hydrogen-bond acceptors (Lipinski definition) is 3. The molecule has 0 amide bonds. The molecular formula is C9H19NOS. The minimum absolute atomic E-state index is 0.775. The molecule has 1 aliphatic rings. The van der Waals surface area contributed by atoms with Crippen molar-refractivity contribution in [3.63, 3.8) is 0 Å². The second-order valence-electron chi connectivity index (χ2n) is 3.13. The molecule has 0 spiro atoms. The first-order valence-electron chi connectivity index (χ1n) is 4.79. The van der Waals surface area contributed by atoms with E-state index in [4.69, 9.17) is 4.74 Å². The highest BCUT2D eigenvalue weighted by Gasteiger charge is 2.13. The van der Waals surface area contributed by atoms with Gasteiger partial charge in [0, 0.05) is 12.3 Å². The second kappa shape index (κ2) is 6.75. The molecule has 0 bridgehead atoms. The minimum atomic E-state index is 0.775. The van der Waals surface area contributed by atoms with E-state index in [1.807, 2.05) is 11.8 Å². The van der Waals surface area contributed by atoms with Gasteiger partial charge in [-0.1, -0.05) is 6.92 Å². The van der Waals surface area contributed by atoms with Crippen LogP contribution in [0.25, 0.3) is 0 Å². The van der Waals surface area contributed by atoms with Gasteiger partial charge in [0.2, 0.25) is 0 Å². The maximum absolute atomic E-state index is 5.56. The normalized spacial score (nSPS) is 23.2. The standard InChI is InChI=1S/C9H19NOS/c1-2-12-6-5-11-8-9-3-4-10-7-9/h9-10H,2-8H2,1H3. The fourth-order valence-corrected chi connectivity index (χ4v) is 1.89. The van der Waals surface area contributed by atoms with Crippen molar-refractivity contribution < 1.29 is 4.74 Å². The molecular weight excluding hydrogens is 170 g/mol. The summed E-state index contributed by atoms with van der Waals surface area (Å²) < 4.78 is 5.56. The van der Waals surface area contributed by atoms with Crippen LogP contribution in [0.3, 0.4) is 0 Å². The number of rotatable bonds is 6. The molecule has 72 valence electrons. The van der Waals surface area contributed by atoms with Gasteiger partial charge in [0.05, 0.1) is 13.2 Å². The minimum Gasteiger partial charge on any atom is -0.380 e. The van der Waals surface area contributed by atoms with Crippen LogP contribution in [0.5, 0.6) is 0 Å². The summed E-state index contributed by atoms with van der Waals surface area (Å²) in [5.41, 5.74) is 0. The quantitative estimate of drug-likeness (QED) is 0.638. The van der Waals surface area contributed by atoms with Crippen molar-refractivity contribution in [1.29, 1.82) is 0 Å². The Bertz CT molecular complexity index is 105. The van der Waals surface area contributed by atoms with E-state index >= 15 is 0 Å². The molecule has 0 saturated carbocycles. The van der Waals surface area contributed by atoms with E-state index in [-0.39, 0.29) is 0 Å². The molecule has 12 heavy (non-hydrogen) atoms. The van der Waals surface area contributed by atoms with E-state index in [1.165, 1.54) is 18.7 Å². The first-order chi connectivity index (χ1) is 5.93. The predicted octanol–water partition coefficient (Wildman–Crippen LogP) is 1.37. The average Bonchev–Trinajstić information content (AvgIpc) is 2.57. The summed E-state index contributed by atoms with van der Waals surface area (Å²) >= 11 is 1.95. The van der Waals surface area contributed by atoms with E-state index in [2.05, 4.69) is 12.2 Å². The number of thioether (sulfide) groups is 1. The lowest BCUT2D eigenvalue weighted by molar-refractivity contribution is 0.119. The van der Waals surface area contributed by atoms with Gasteiger partial charge in [0.25, 0.3) is 0 Å². The van der Waals surface area contributed by atoms with Gasteiger partial charge in [0.15, 0.2) is 0 Å². The largest absolute Gasteiger partial charge is 0.380 e.